The van der Waals surface area contributed by atoms with Crippen molar-refractivity contribution in [1.29, 1.82) is 0 Å². The van der Waals surface area contributed by atoms with Gasteiger partial charge in [-0.1, -0.05) is 0 Å². The highest BCUT2D eigenvalue weighted by Gasteiger charge is 2.28. The van der Waals surface area contributed by atoms with Gasteiger partial charge >= 0.3 is 0 Å². The summed E-state index contributed by atoms with van der Waals surface area (Å²) in [7, 11) is 0. The molecule has 0 spiro atoms. The molecule has 1 aliphatic rings. The number of nitrogens with two attached hydrogens (primary N) is 1. The summed E-state index contributed by atoms with van der Waals surface area (Å²) in [5, 5.41) is 11.3. The third-order valence-electron chi connectivity index (χ3n) is 6.21. The number of halogens is 3. The van der Waals surface area contributed by atoms with E-state index in [1.54, 1.807) is 6.07 Å². The number of nitrogens with zero attached hydrogens (tertiary/aromatic N) is 4. The molecule has 194 valence electrons. The van der Waals surface area contributed by atoms with Crippen LogP contribution in [0.5, 0.6) is 11.6 Å². The first-order valence-electron chi connectivity index (χ1n) is 11.6. The van der Waals surface area contributed by atoms with Gasteiger partial charge in [0.1, 0.15) is 29.8 Å². The highest BCUT2D eigenvalue weighted by Crippen LogP contribution is 2.28. The summed E-state index contributed by atoms with van der Waals surface area (Å²) in [6, 6.07) is 5.61. The summed E-state index contributed by atoms with van der Waals surface area (Å²) in [5.41, 5.74) is 6.81. The molecule has 3 N–H and O–H groups in total. The summed E-state index contributed by atoms with van der Waals surface area (Å²) in [6.07, 6.45) is 3.55. The van der Waals surface area contributed by atoms with E-state index in [1.165, 1.54) is 39.6 Å². The van der Waals surface area contributed by atoms with E-state index in [0.717, 1.165) is 6.20 Å². The molecule has 13 heteroatoms. The largest absolute Gasteiger partial charge is 0.486 e. The quantitative estimate of drug-likeness (QED) is 0.371. The van der Waals surface area contributed by atoms with Crippen molar-refractivity contribution in [2.75, 3.05) is 6.61 Å². The molecule has 10 nitrogen and oxygen atoms in total. The van der Waals surface area contributed by atoms with E-state index >= 15 is 0 Å². The zero-order valence-electron chi connectivity index (χ0n) is 19.4. The highest BCUT2D eigenvalue weighted by molar-refractivity contribution is 6.02. The lowest BCUT2D eigenvalue weighted by Gasteiger charge is -2.29. The van der Waals surface area contributed by atoms with Crippen LogP contribution in [0.3, 0.4) is 0 Å². The molecule has 1 fully saturated rings. The number of carbonyl (C=O) groups is 2. The van der Waals surface area contributed by atoms with Crippen molar-refractivity contribution in [3.63, 3.8) is 0 Å². The molecule has 4 aromatic heterocycles. The second kappa shape index (κ2) is 9.99. The SMILES string of the molecule is NC(=O)c1c(O[C@H]2CC[C@H](NC(=O)c3cnn4cc(OCC(F)F)ccc34)CC2)nn2cc(F)ccc12. The summed E-state index contributed by atoms with van der Waals surface area (Å²) >= 11 is 0. The zero-order chi connectivity index (χ0) is 26.1. The number of primary amides is 1. The topological polar surface area (TPSA) is 125 Å². The van der Waals surface area contributed by atoms with Crippen LogP contribution in [-0.2, 0) is 0 Å². The van der Waals surface area contributed by atoms with Crippen molar-refractivity contribution >= 4 is 22.8 Å². The van der Waals surface area contributed by atoms with Crippen LogP contribution in [0, 0.1) is 5.82 Å². The normalized spacial score (nSPS) is 17.8. The van der Waals surface area contributed by atoms with Gasteiger partial charge in [-0.15, -0.1) is 5.10 Å². The molecular weight excluding hydrogens is 493 g/mol. The Morgan fingerprint density at radius 2 is 1.84 bits per heavy atom. The van der Waals surface area contributed by atoms with E-state index in [-0.39, 0.29) is 35.2 Å². The lowest BCUT2D eigenvalue weighted by atomic mass is 9.92. The Morgan fingerprint density at radius 1 is 1.08 bits per heavy atom. The van der Waals surface area contributed by atoms with E-state index in [0.29, 0.717) is 42.3 Å². The molecule has 0 radical (unpaired) electrons. The second-order valence-electron chi connectivity index (χ2n) is 8.74. The number of aromatic nitrogens is 4. The number of fused-ring (bicyclic) bond motifs is 2. The van der Waals surface area contributed by atoms with E-state index in [1.807, 2.05) is 0 Å². The van der Waals surface area contributed by atoms with E-state index < -0.39 is 24.8 Å². The summed E-state index contributed by atoms with van der Waals surface area (Å²) in [6.45, 7) is -0.730. The summed E-state index contributed by atoms with van der Waals surface area (Å²) in [5.74, 6) is -1.27. The number of carbonyl (C=O) groups excluding carboxylic acids is 2. The molecule has 2 amide bonds. The van der Waals surface area contributed by atoms with Crippen molar-refractivity contribution in [2.24, 2.45) is 5.73 Å². The number of nitrogens with one attached hydrogen (secondary N) is 1. The van der Waals surface area contributed by atoms with Crippen molar-refractivity contribution in [1.82, 2.24) is 24.5 Å². The molecule has 5 rings (SSSR count). The predicted octanol–water partition coefficient (Wildman–Crippen LogP) is 2.98. The van der Waals surface area contributed by atoms with Crippen LogP contribution in [0.2, 0.25) is 0 Å². The number of pyridine rings is 2. The van der Waals surface area contributed by atoms with E-state index in [2.05, 4.69) is 15.5 Å². The van der Waals surface area contributed by atoms with Gasteiger partial charge in [-0.2, -0.15) is 5.10 Å². The Morgan fingerprint density at radius 3 is 2.57 bits per heavy atom. The molecular formula is C24H23F3N6O4. The monoisotopic (exact) mass is 516 g/mol. The maximum Gasteiger partial charge on any atom is 0.272 e. The Bertz CT molecular complexity index is 1460. The first-order valence-corrected chi connectivity index (χ1v) is 11.6. The van der Waals surface area contributed by atoms with Gasteiger partial charge in [-0.05, 0) is 49.9 Å². The van der Waals surface area contributed by atoms with Gasteiger partial charge < -0.3 is 20.5 Å². The zero-order valence-corrected chi connectivity index (χ0v) is 19.4. The average Bonchev–Trinajstić information content (AvgIpc) is 3.44. The van der Waals surface area contributed by atoms with Gasteiger partial charge in [0.2, 0.25) is 5.88 Å². The van der Waals surface area contributed by atoms with Gasteiger partial charge in [-0.25, -0.2) is 22.2 Å². The first kappa shape index (κ1) is 24.4. The van der Waals surface area contributed by atoms with Crippen LogP contribution in [0.4, 0.5) is 13.2 Å². The predicted molar refractivity (Wildman–Crippen MR) is 124 cm³/mol. The minimum atomic E-state index is -2.59. The number of ether oxygens (including phenoxy) is 2. The van der Waals surface area contributed by atoms with Crippen LogP contribution in [0.25, 0.3) is 11.0 Å². The number of amides is 2. The standard InChI is InChI=1S/C24H23F3N6O4/c25-13-1-7-19-21(22(28)34)24(31-33(19)10-13)37-15-4-2-14(3-5-15)30-23(35)17-9-29-32-11-16(6-8-18(17)32)36-12-20(26)27/h1,6-11,14-15,20H,2-5,12H2,(H2,28,34)(H,30,35)/t14-,15-. The van der Waals surface area contributed by atoms with Crippen molar-refractivity contribution in [3.05, 3.63) is 59.8 Å². The Labute approximate surface area is 208 Å². The summed E-state index contributed by atoms with van der Waals surface area (Å²) in [4.78, 5) is 24.9. The van der Waals surface area contributed by atoms with Gasteiger partial charge in [-0.3, -0.25) is 9.59 Å². The lowest BCUT2D eigenvalue weighted by Crippen LogP contribution is -2.39. The third-order valence-corrected chi connectivity index (χ3v) is 6.21. The Kier molecular flexibility index (Phi) is 6.59. The molecule has 37 heavy (non-hydrogen) atoms. The number of alkyl halides is 2. The third kappa shape index (κ3) is 5.15. The number of hydrogen-bond donors (Lipinski definition) is 2. The maximum atomic E-state index is 13.6. The number of hydrogen-bond acceptors (Lipinski definition) is 6. The minimum absolute atomic E-state index is 0.0499. The van der Waals surface area contributed by atoms with Gasteiger partial charge in [0.05, 0.1) is 35.2 Å². The van der Waals surface area contributed by atoms with Gasteiger partial charge in [0, 0.05) is 6.04 Å². The minimum Gasteiger partial charge on any atom is -0.486 e. The molecule has 0 unspecified atom stereocenters. The Balaban J connectivity index is 1.20. The average molecular weight is 516 g/mol. The van der Waals surface area contributed by atoms with Crippen LogP contribution in [0.1, 0.15) is 46.4 Å². The van der Waals surface area contributed by atoms with E-state index in [9.17, 15) is 22.8 Å². The molecule has 4 heterocycles. The van der Waals surface area contributed by atoms with E-state index in [4.69, 9.17) is 15.2 Å². The molecule has 0 aliphatic heterocycles. The fourth-order valence-corrected chi connectivity index (χ4v) is 4.45. The van der Waals surface area contributed by atoms with Crippen molar-refractivity contribution in [2.45, 2.75) is 44.3 Å². The molecule has 0 bridgehead atoms. The van der Waals surface area contributed by atoms with Gasteiger partial charge in [0.15, 0.2) is 0 Å². The fourth-order valence-electron chi connectivity index (χ4n) is 4.45. The number of rotatable bonds is 8. The molecule has 0 saturated heterocycles. The molecule has 1 saturated carbocycles. The van der Waals surface area contributed by atoms with Crippen LogP contribution in [-0.4, -0.2) is 56.2 Å². The summed E-state index contributed by atoms with van der Waals surface area (Å²) < 4.78 is 51.9. The highest BCUT2D eigenvalue weighted by atomic mass is 19.3. The molecule has 0 aromatic carbocycles. The second-order valence-corrected chi connectivity index (χ2v) is 8.74. The van der Waals surface area contributed by atoms with Crippen LogP contribution >= 0.6 is 0 Å². The van der Waals surface area contributed by atoms with Crippen LogP contribution in [0.15, 0.2) is 42.9 Å². The maximum absolute atomic E-state index is 13.6. The first-order chi connectivity index (χ1) is 17.8. The molecule has 1 aliphatic carbocycles. The van der Waals surface area contributed by atoms with Crippen molar-refractivity contribution in [3.8, 4) is 11.6 Å². The van der Waals surface area contributed by atoms with Gasteiger partial charge in [0.25, 0.3) is 18.2 Å². The van der Waals surface area contributed by atoms with Crippen LogP contribution < -0.4 is 20.5 Å². The smallest absolute Gasteiger partial charge is 0.272 e. The molecule has 4 aromatic rings. The Hall–Kier alpha value is -4.29. The van der Waals surface area contributed by atoms with Crippen molar-refractivity contribution < 1.29 is 32.2 Å². The molecule has 0 atom stereocenters. The fraction of sp³-hybridized carbons (Fsp3) is 0.333. The lowest BCUT2D eigenvalue weighted by molar-refractivity contribution is 0.0816.